The van der Waals surface area contributed by atoms with Crippen molar-refractivity contribution < 1.29 is 15.3 Å². The summed E-state index contributed by atoms with van der Waals surface area (Å²) in [5, 5.41) is 52.0. The first-order chi connectivity index (χ1) is 14.7. The number of aliphatic hydroxyl groups excluding tert-OH is 3. The second-order valence-corrected chi connectivity index (χ2v) is 6.57. The van der Waals surface area contributed by atoms with Gasteiger partial charge in [0.2, 0.25) is 0 Å². The third-order valence-corrected chi connectivity index (χ3v) is 4.42. The van der Waals surface area contributed by atoms with Crippen molar-refractivity contribution in [3.63, 3.8) is 0 Å². The van der Waals surface area contributed by atoms with Gasteiger partial charge < -0.3 is 15.3 Å². The molecule has 0 spiro atoms. The SMILES string of the molecule is OCCn1cc(-c2cc(-c3cn(CCO)nn3)cc(-c3cn(CCO)nn3)c2)nn1. The summed E-state index contributed by atoms with van der Waals surface area (Å²) in [4.78, 5) is 0. The summed E-state index contributed by atoms with van der Waals surface area (Å²) in [7, 11) is 0. The van der Waals surface area contributed by atoms with Crippen LogP contribution in [0, 0.1) is 0 Å². The maximum atomic E-state index is 9.12. The van der Waals surface area contributed by atoms with Gasteiger partial charge >= 0.3 is 0 Å². The van der Waals surface area contributed by atoms with Crippen molar-refractivity contribution in [1.29, 1.82) is 0 Å². The molecule has 0 aliphatic rings. The van der Waals surface area contributed by atoms with Gasteiger partial charge in [-0.05, 0) is 18.2 Å². The molecule has 30 heavy (non-hydrogen) atoms. The Balaban J connectivity index is 1.77. The summed E-state index contributed by atoms with van der Waals surface area (Å²) in [6, 6.07) is 5.76. The van der Waals surface area contributed by atoms with E-state index >= 15 is 0 Å². The lowest BCUT2D eigenvalue weighted by atomic mass is 10.0. The summed E-state index contributed by atoms with van der Waals surface area (Å²) in [6.45, 7) is 0.960. The molecule has 12 heteroatoms. The Kier molecular flexibility index (Phi) is 5.88. The second kappa shape index (κ2) is 8.90. The number of hydrogen-bond donors (Lipinski definition) is 3. The normalized spacial score (nSPS) is 11.3. The Morgan fingerprint density at radius 2 is 0.833 bits per heavy atom. The Morgan fingerprint density at radius 1 is 0.533 bits per heavy atom. The van der Waals surface area contributed by atoms with E-state index < -0.39 is 0 Å². The minimum Gasteiger partial charge on any atom is -0.394 e. The van der Waals surface area contributed by atoms with E-state index in [0.717, 1.165) is 16.7 Å². The summed E-state index contributed by atoms with van der Waals surface area (Å²) in [6.07, 6.45) is 5.26. The van der Waals surface area contributed by atoms with Gasteiger partial charge in [-0.15, -0.1) is 15.3 Å². The van der Waals surface area contributed by atoms with Gasteiger partial charge in [0.25, 0.3) is 0 Å². The molecule has 3 heterocycles. The van der Waals surface area contributed by atoms with Crippen LogP contribution in [0.3, 0.4) is 0 Å². The van der Waals surface area contributed by atoms with E-state index in [0.29, 0.717) is 36.7 Å². The molecule has 4 rings (SSSR count). The van der Waals surface area contributed by atoms with Crippen LogP contribution in [0.15, 0.2) is 36.8 Å². The van der Waals surface area contributed by atoms with Crippen LogP contribution in [-0.4, -0.2) is 80.1 Å². The number of rotatable bonds is 9. The minimum atomic E-state index is -0.0317. The molecule has 1 aromatic carbocycles. The molecule has 0 aliphatic heterocycles. The molecule has 0 bridgehead atoms. The Labute approximate surface area is 171 Å². The summed E-state index contributed by atoms with van der Waals surface area (Å²) in [5.74, 6) is 0. The van der Waals surface area contributed by atoms with E-state index in [1.54, 1.807) is 32.6 Å². The Hall–Kier alpha value is -3.48. The van der Waals surface area contributed by atoms with Gasteiger partial charge in [0.1, 0.15) is 17.1 Å². The zero-order valence-electron chi connectivity index (χ0n) is 16.1. The zero-order chi connectivity index (χ0) is 20.9. The van der Waals surface area contributed by atoms with Crippen molar-refractivity contribution in [3.05, 3.63) is 36.8 Å². The monoisotopic (exact) mass is 411 g/mol. The summed E-state index contributed by atoms with van der Waals surface area (Å²) < 4.78 is 4.70. The molecular formula is C18H21N9O3. The molecular weight excluding hydrogens is 390 g/mol. The first kappa shape index (κ1) is 19.8. The Bertz CT molecular complexity index is 967. The van der Waals surface area contributed by atoms with Crippen LogP contribution >= 0.6 is 0 Å². The van der Waals surface area contributed by atoms with Crippen molar-refractivity contribution in [3.8, 4) is 33.8 Å². The standard InChI is InChI=1S/C18H21N9O3/c28-4-1-25-10-16(19-22-25)13-7-14(17-11-26(2-5-29)23-20-17)9-15(8-13)18-12-27(3-6-30)24-21-18/h7-12,28-30H,1-6H2. The first-order valence-corrected chi connectivity index (χ1v) is 9.39. The van der Waals surface area contributed by atoms with Gasteiger partial charge in [-0.2, -0.15) is 0 Å². The topological polar surface area (TPSA) is 153 Å². The number of benzene rings is 1. The molecule has 3 aromatic heterocycles. The van der Waals surface area contributed by atoms with Gasteiger partial charge in [-0.3, -0.25) is 0 Å². The number of hydrogen-bond acceptors (Lipinski definition) is 9. The second-order valence-electron chi connectivity index (χ2n) is 6.57. The molecule has 12 nitrogen and oxygen atoms in total. The van der Waals surface area contributed by atoms with E-state index in [2.05, 4.69) is 30.9 Å². The number of aromatic nitrogens is 9. The lowest BCUT2D eigenvalue weighted by Crippen LogP contribution is -2.02. The fraction of sp³-hybridized carbons (Fsp3) is 0.333. The molecule has 0 radical (unpaired) electrons. The van der Waals surface area contributed by atoms with Crippen LogP contribution in [-0.2, 0) is 19.6 Å². The lowest BCUT2D eigenvalue weighted by molar-refractivity contribution is 0.267. The van der Waals surface area contributed by atoms with Crippen LogP contribution in [0.2, 0.25) is 0 Å². The molecule has 0 fully saturated rings. The number of nitrogens with zero attached hydrogens (tertiary/aromatic N) is 9. The van der Waals surface area contributed by atoms with Crippen LogP contribution in [0.25, 0.3) is 33.8 Å². The number of aliphatic hydroxyl groups is 3. The van der Waals surface area contributed by atoms with Gasteiger partial charge in [-0.25, -0.2) is 14.0 Å². The first-order valence-electron chi connectivity index (χ1n) is 9.39. The van der Waals surface area contributed by atoms with Gasteiger partial charge in [0.15, 0.2) is 0 Å². The molecule has 0 amide bonds. The molecule has 0 atom stereocenters. The highest BCUT2D eigenvalue weighted by atomic mass is 16.3. The molecule has 0 saturated heterocycles. The van der Waals surface area contributed by atoms with Gasteiger partial charge in [0, 0.05) is 16.7 Å². The van der Waals surface area contributed by atoms with Crippen molar-refractivity contribution in [2.75, 3.05) is 19.8 Å². The summed E-state index contributed by atoms with van der Waals surface area (Å²) in [5.41, 5.74) is 4.28. The molecule has 4 aromatic rings. The predicted octanol–water partition coefficient (Wildman–Crippen LogP) is -0.561. The fourth-order valence-electron chi connectivity index (χ4n) is 3.00. The van der Waals surface area contributed by atoms with E-state index in [9.17, 15) is 0 Å². The van der Waals surface area contributed by atoms with Crippen LogP contribution < -0.4 is 0 Å². The maximum absolute atomic E-state index is 9.12. The average Bonchev–Trinajstić information content (AvgIpc) is 3.50. The van der Waals surface area contributed by atoms with Crippen LogP contribution in [0.4, 0.5) is 0 Å². The van der Waals surface area contributed by atoms with E-state index in [-0.39, 0.29) is 19.8 Å². The van der Waals surface area contributed by atoms with Gasteiger partial charge in [-0.1, -0.05) is 15.6 Å². The smallest absolute Gasteiger partial charge is 0.113 e. The van der Waals surface area contributed by atoms with Crippen LogP contribution in [0.5, 0.6) is 0 Å². The van der Waals surface area contributed by atoms with Crippen molar-refractivity contribution >= 4 is 0 Å². The van der Waals surface area contributed by atoms with E-state index in [1.807, 2.05) is 18.2 Å². The Morgan fingerprint density at radius 3 is 1.10 bits per heavy atom. The highest BCUT2D eigenvalue weighted by molar-refractivity contribution is 5.77. The van der Waals surface area contributed by atoms with E-state index in [1.165, 1.54) is 0 Å². The van der Waals surface area contributed by atoms with Crippen molar-refractivity contribution in [2.24, 2.45) is 0 Å². The maximum Gasteiger partial charge on any atom is 0.113 e. The molecule has 156 valence electrons. The minimum absolute atomic E-state index is 0.0317. The van der Waals surface area contributed by atoms with Gasteiger partial charge in [0.05, 0.1) is 58.0 Å². The average molecular weight is 411 g/mol. The zero-order valence-corrected chi connectivity index (χ0v) is 16.1. The van der Waals surface area contributed by atoms with Crippen LogP contribution in [0.1, 0.15) is 0 Å². The lowest BCUT2D eigenvalue weighted by Gasteiger charge is -2.05. The highest BCUT2D eigenvalue weighted by Gasteiger charge is 2.14. The largest absolute Gasteiger partial charge is 0.394 e. The fourth-order valence-corrected chi connectivity index (χ4v) is 3.00. The third kappa shape index (κ3) is 4.25. The van der Waals surface area contributed by atoms with Crippen molar-refractivity contribution in [1.82, 2.24) is 45.0 Å². The molecule has 0 saturated carbocycles. The molecule has 0 unspecified atom stereocenters. The highest BCUT2D eigenvalue weighted by Crippen LogP contribution is 2.30. The predicted molar refractivity (Wildman–Crippen MR) is 105 cm³/mol. The molecule has 3 N–H and O–H groups in total. The van der Waals surface area contributed by atoms with E-state index in [4.69, 9.17) is 15.3 Å². The molecule has 0 aliphatic carbocycles. The van der Waals surface area contributed by atoms with Crippen molar-refractivity contribution in [2.45, 2.75) is 19.6 Å². The summed E-state index contributed by atoms with van der Waals surface area (Å²) >= 11 is 0. The quantitative estimate of drug-likeness (QED) is 0.329. The third-order valence-electron chi connectivity index (χ3n) is 4.42.